The molecule has 1 amide bonds. The first kappa shape index (κ1) is 9.06. The van der Waals surface area contributed by atoms with E-state index in [1.54, 1.807) is 18.2 Å². The second-order valence-electron chi connectivity index (χ2n) is 2.25. The number of thiol groups is 1. The van der Waals surface area contributed by atoms with Crippen molar-refractivity contribution >= 4 is 17.9 Å². The molecular formula is C8H8FNOS. The van der Waals surface area contributed by atoms with Gasteiger partial charge in [-0.05, 0) is 6.07 Å². The van der Waals surface area contributed by atoms with Gasteiger partial charge in [0.2, 0.25) is 0 Å². The van der Waals surface area contributed by atoms with E-state index in [9.17, 15) is 9.18 Å². The SMILES string of the molecule is O=C(S)NCc1ccccc1F. The van der Waals surface area contributed by atoms with Crippen LogP contribution in [0.15, 0.2) is 24.3 Å². The predicted octanol–water partition coefficient (Wildman–Crippen LogP) is 1.97. The number of amides is 1. The van der Waals surface area contributed by atoms with Crippen molar-refractivity contribution in [2.45, 2.75) is 6.54 Å². The molecular weight excluding hydrogens is 177 g/mol. The lowest BCUT2D eigenvalue weighted by molar-refractivity contribution is 0.260. The summed E-state index contributed by atoms with van der Waals surface area (Å²) in [7, 11) is 0. The fraction of sp³-hybridized carbons (Fsp3) is 0.125. The summed E-state index contributed by atoms with van der Waals surface area (Å²) in [6.45, 7) is 0.176. The van der Waals surface area contributed by atoms with E-state index in [2.05, 4.69) is 17.9 Å². The number of rotatable bonds is 2. The number of carbonyl (C=O) groups is 1. The average Bonchev–Trinajstić information content (AvgIpc) is 2.03. The zero-order chi connectivity index (χ0) is 8.97. The average molecular weight is 185 g/mol. The Balaban J connectivity index is 2.63. The van der Waals surface area contributed by atoms with Crippen LogP contribution in [0.3, 0.4) is 0 Å². The number of hydrogen-bond acceptors (Lipinski definition) is 1. The molecule has 12 heavy (non-hydrogen) atoms. The molecule has 1 N–H and O–H groups in total. The predicted molar refractivity (Wildman–Crippen MR) is 47.6 cm³/mol. The Kier molecular flexibility index (Phi) is 3.10. The summed E-state index contributed by atoms with van der Waals surface area (Å²) < 4.78 is 12.9. The number of benzene rings is 1. The molecule has 0 aliphatic heterocycles. The molecule has 0 saturated carbocycles. The molecule has 0 heterocycles. The smallest absolute Gasteiger partial charge is 0.276 e. The van der Waals surface area contributed by atoms with Crippen molar-refractivity contribution in [3.63, 3.8) is 0 Å². The molecule has 0 aliphatic carbocycles. The molecule has 0 aromatic heterocycles. The third kappa shape index (κ3) is 2.54. The molecule has 0 radical (unpaired) electrons. The van der Waals surface area contributed by atoms with Crippen LogP contribution in [-0.2, 0) is 6.54 Å². The highest BCUT2D eigenvalue weighted by Crippen LogP contribution is 2.05. The highest BCUT2D eigenvalue weighted by molar-refractivity contribution is 7.96. The normalized spacial score (nSPS) is 9.50. The molecule has 1 rings (SSSR count). The molecule has 2 nitrogen and oxygen atoms in total. The molecule has 0 spiro atoms. The van der Waals surface area contributed by atoms with E-state index >= 15 is 0 Å². The van der Waals surface area contributed by atoms with E-state index in [0.717, 1.165) is 0 Å². The van der Waals surface area contributed by atoms with Crippen LogP contribution < -0.4 is 5.32 Å². The van der Waals surface area contributed by atoms with Crippen LogP contribution in [-0.4, -0.2) is 5.24 Å². The molecule has 0 bridgehead atoms. The van der Waals surface area contributed by atoms with Crippen LogP contribution in [0, 0.1) is 5.82 Å². The number of nitrogens with one attached hydrogen (secondary N) is 1. The van der Waals surface area contributed by atoms with Crippen LogP contribution in [0.2, 0.25) is 0 Å². The Labute approximate surface area is 75.2 Å². The van der Waals surface area contributed by atoms with Gasteiger partial charge in [0.05, 0.1) is 0 Å². The minimum Gasteiger partial charge on any atom is -0.343 e. The van der Waals surface area contributed by atoms with Gasteiger partial charge in [-0.15, -0.1) is 0 Å². The van der Waals surface area contributed by atoms with Gasteiger partial charge in [-0.25, -0.2) is 4.39 Å². The fourth-order valence-corrected chi connectivity index (χ4v) is 0.892. The molecule has 1 aromatic rings. The minimum absolute atomic E-state index is 0.176. The van der Waals surface area contributed by atoms with Crippen molar-refractivity contribution in [1.82, 2.24) is 5.32 Å². The largest absolute Gasteiger partial charge is 0.343 e. The maximum Gasteiger partial charge on any atom is 0.276 e. The van der Waals surface area contributed by atoms with E-state index in [-0.39, 0.29) is 12.4 Å². The molecule has 0 unspecified atom stereocenters. The third-order valence-electron chi connectivity index (χ3n) is 1.39. The highest BCUT2D eigenvalue weighted by Gasteiger charge is 1.99. The molecule has 0 aliphatic rings. The number of carbonyl (C=O) groups excluding carboxylic acids is 1. The standard InChI is InChI=1S/C8H8FNOS/c9-7-4-2-1-3-6(7)5-10-8(11)12/h1-4H,5H2,(H2,10,11,12). The quantitative estimate of drug-likeness (QED) is 0.678. The van der Waals surface area contributed by atoms with Crippen molar-refractivity contribution in [2.75, 3.05) is 0 Å². The van der Waals surface area contributed by atoms with Crippen LogP contribution >= 0.6 is 12.6 Å². The van der Waals surface area contributed by atoms with Crippen molar-refractivity contribution in [1.29, 1.82) is 0 Å². The summed E-state index contributed by atoms with van der Waals surface area (Å²) in [6, 6.07) is 6.27. The van der Waals surface area contributed by atoms with Crippen LogP contribution in [0.25, 0.3) is 0 Å². The van der Waals surface area contributed by atoms with E-state index < -0.39 is 5.24 Å². The number of halogens is 1. The van der Waals surface area contributed by atoms with Gasteiger partial charge in [0.25, 0.3) is 5.24 Å². The summed E-state index contributed by atoms with van der Waals surface area (Å²) in [6.07, 6.45) is 0. The van der Waals surface area contributed by atoms with Gasteiger partial charge in [0.15, 0.2) is 0 Å². The van der Waals surface area contributed by atoms with Gasteiger partial charge in [-0.3, -0.25) is 4.79 Å². The molecule has 0 saturated heterocycles. The van der Waals surface area contributed by atoms with Gasteiger partial charge >= 0.3 is 0 Å². The van der Waals surface area contributed by atoms with Crippen LogP contribution in [0.4, 0.5) is 9.18 Å². The first-order valence-electron chi connectivity index (χ1n) is 3.40. The molecule has 64 valence electrons. The summed E-state index contributed by atoms with van der Waals surface area (Å²) >= 11 is 3.49. The fourth-order valence-electron chi connectivity index (χ4n) is 0.813. The molecule has 1 aromatic carbocycles. The Hall–Kier alpha value is -1.03. The zero-order valence-electron chi connectivity index (χ0n) is 6.25. The maximum atomic E-state index is 12.9. The van der Waals surface area contributed by atoms with Gasteiger partial charge in [-0.1, -0.05) is 30.8 Å². The van der Waals surface area contributed by atoms with Crippen molar-refractivity contribution < 1.29 is 9.18 Å². The van der Waals surface area contributed by atoms with Crippen LogP contribution in [0.5, 0.6) is 0 Å². The summed E-state index contributed by atoms with van der Waals surface area (Å²) in [5.41, 5.74) is 0.458. The van der Waals surface area contributed by atoms with Crippen molar-refractivity contribution in [3.05, 3.63) is 35.6 Å². The van der Waals surface area contributed by atoms with E-state index in [1.807, 2.05) is 0 Å². The maximum absolute atomic E-state index is 12.9. The Morgan fingerprint density at radius 3 is 2.75 bits per heavy atom. The summed E-state index contributed by atoms with van der Waals surface area (Å²) in [5.74, 6) is -0.320. The topological polar surface area (TPSA) is 29.1 Å². The molecule has 0 atom stereocenters. The van der Waals surface area contributed by atoms with Gasteiger partial charge in [0.1, 0.15) is 5.82 Å². The van der Waals surface area contributed by atoms with Gasteiger partial charge < -0.3 is 5.32 Å². The first-order chi connectivity index (χ1) is 5.70. The Morgan fingerprint density at radius 2 is 2.17 bits per heavy atom. The second kappa shape index (κ2) is 4.11. The Bertz CT molecular complexity index is 290. The molecule has 4 heteroatoms. The monoisotopic (exact) mass is 185 g/mol. The van der Waals surface area contributed by atoms with E-state index in [4.69, 9.17) is 0 Å². The van der Waals surface area contributed by atoms with Gasteiger partial charge in [-0.2, -0.15) is 0 Å². The minimum atomic E-state index is -0.460. The Morgan fingerprint density at radius 1 is 1.50 bits per heavy atom. The third-order valence-corrected chi connectivity index (χ3v) is 1.55. The van der Waals surface area contributed by atoms with E-state index in [0.29, 0.717) is 5.56 Å². The number of hydrogen-bond donors (Lipinski definition) is 2. The van der Waals surface area contributed by atoms with Crippen molar-refractivity contribution in [2.24, 2.45) is 0 Å². The summed E-state index contributed by atoms with van der Waals surface area (Å²) in [4.78, 5) is 10.4. The second-order valence-corrected chi connectivity index (χ2v) is 2.66. The lowest BCUT2D eigenvalue weighted by Crippen LogP contribution is -2.16. The zero-order valence-corrected chi connectivity index (χ0v) is 7.14. The van der Waals surface area contributed by atoms with Crippen molar-refractivity contribution in [3.8, 4) is 0 Å². The van der Waals surface area contributed by atoms with Gasteiger partial charge in [0, 0.05) is 12.1 Å². The lowest BCUT2D eigenvalue weighted by Gasteiger charge is -2.01. The molecule has 0 fully saturated rings. The first-order valence-corrected chi connectivity index (χ1v) is 3.85. The van der Waals surface area contributed by atoms with Crippen LogP contribution in [0.1, 0.15) is 5.56 Å². The van der Waals surface area contributed by atoms with E-state index in [1.165, 1.54) is 6.07 Å². The highest BCUT2D eigenvalue weighted by atomic mass is 32.1. The lowest BCUT2D eigenvalue weighted by atomic mass is 10.2. The summed E-state index contributed by atoms with van der Waals surface area (Å²) in [5, 5.41) is 1.93.